The highest BCUT2D eigenvalue weighted by atomic mass is 35.5. The summed E-state index contributed by atoms with van der Waals surface area (Å²) in [4.78, 5) is 3.72. The van der Waals surface area contributed by atoms with Gasteiger partial charge in [-0.15, -0.1) is 0 Å². The Kier molecular flexibility index (Phi) is 3.22. The van der Waals surface area contributed by atoms with Crippen LogP contribution in [0.1, 0.15) is 5.56 Å². The highest BCUT2D eigenvalue weighted by molar-refractivity contribution is 6.30. The molecule has 0 N–H and O–H groups in total. The van der Waals surface area contributed by atoms with Gasteiger partial charge in [0.2, 0.25) is 0 Å². The van der Waals surface area contributed by atoms with Crippen LogP contribution in [-0.2, 0) is 0 Å². The molecule has 0 aliphatic heterocycles. The molecule has 0 aliphatic rings. The van der Waals surface area contributed by atoms with E-state index in [1.54, 1.807) is 24.3 Å². The highest BCUT2D eigenvalue weighted by Gasteiger charge is 2.07. The molecule has 0 atom stereocenters. The molecule has 1 aromatic carbocycles. The second-order valence-electron chi connectivity index (χ2n) is 3.18. The maximum atomic E-state index is 13.4. The molecule has 1 aromatic heterocycles. The summed E-state index contributed by atoms with van der Waals surface area (Å²) in [6.45, 7) is 0. The number of halogens is 2. The van der Waals surface area contributed by atoms with Crippen LogP contribution in [0.25, 0.3) is 0 Å². The lowest BCUT2D eigenvalue weighted by molar-refractivity contribution is 0.423. The van der Waals surface area contributed by atoms with Crippen LogP contribution in [0.5, 0.6) is 11.6 Å². The number of benzene rings is 1. The average molecular weight is 249 g/mol. The number of rotatable bonds is 2. The first-order valence-corrected chi connectivity index (χ1v) is 5.06. The first-order valence-electron chi connectivity index (χ1n) is 4.68. The van der Waals surface area contributed by atoms with Crippen LogP contribution in [0.3, 0.4) is 0 Å². The van der Waals surface area contributed by atoms with Crippen LogP contribution in [-0.4, -0.2) is 4.98 Å². The van der Waals surface area contributed by atoms with Gasteiger partial charge in [0.05, 0.1) is 16.7 Å². The highest BCUT2D eigenvalue weighted by Crippen LogP contribution is 2.24. The SMILES string of the molecule is N#Cc1ccc(Oc2ncc(Cl)cc2F)cc1. The van der Waals surface area contributed by atoms with Crippen molar-refractivity contribution in [2.24, 2.45) is 0 Å². The number of hydrogen-bond donors (Lipinski definition) is 0. The molecule has 0 spiro atoms. The Hall–Kier alpha value is -2.12. The lowest BCUT2D eigenvalue weighted by Crippen LogP contribution is -1.91. The molecule has 0 saturated heterocycles. The topological polar surface area (TPSA) is 45.9 Å². The van der Waals surface area contributed by atoms with Crippen molar-refractivity contribution in [2.75, 3.05) is 0 Å². The molecule has 0 bridgehead atoms. The molecule has 3 nitrogen and oxygen atoms in total. The van der Waals surface area contributed by atoms with Crippen molar-refractivity contribution in [1.82, 2.24) is 4.98 Å². The third-order valence-corrected chi connectivity index (χ3v) is 2.18. The van der Waals surface area contributed by atoms with Gasteiger partial charge in [-0.1, -0.05) is 11.6 Å². The summed E-state index contributed by atoms with van der Waals surface area (Å²) in [5, 5.41) is 8.82. The lowest BCUT2D eigenvalue weighted by atomic mass is 10.2. The molecule has 5 heteroatoms. The lowest BCUT2D eigenvalue weighted by Gasteiger charge is -2.05. The van der Waals surface area contributed by atoms with Gasteiger partial charge in [-0.3, -0.25) is 0 Å². The van der Waals surface area contributed by atoms with E-state index in [2.05, 4.69) is 4.98 Å². The molecular formula is C12H6ClFN2O. The van der Waals surface area contributed by atoms with Crippen molar-refractivity contribution in [3.05, 3.63) is 52.9 Å². The quantitative estimate of drug-likeness (QED) is 0.817. The number of ether oxygens (including phenoxy) is 1. The minimum Gasteiger partial charge on any atom is -0.436 e. The maximum absolute atomic E-state index is 13.4. The number of hydrogen-bond acceptors (Lipinski definition) is 3. The van der Waals surface area contributed by atoms with Crippen LogP contribution in [0.15, 0.2) is 36.5 Å². The molecular weight excluding hydrogens is 243 g/mol. The fraction of sp³-hybridized carbons (Fsp3) is 0. The summed E-state index contributed by atoms with van der Waals surface area (Å²) in [5.74, 6) is -0.390. The Balaban J connectivity index is 2.23. The van der Waals surface area contributed by atoms with E-state index in [9.17, 15) is 4.39 Å². The number of pyridine rings is 1. The standard InChI is InChI=1S/C12H6ClFN2O/c13-9-5-11(14)12(16-7-9)17-10-3-1-8(6-15)2-4-10/h1-5,7H. The smallest absolute Gasteiger partial charge is 0.255 e. The van der Waals surface area contributed by atoms with Crippen molar-refractivity contribution < 1.29 is 9.13 Å². The first-order chi connectivity index (χ1) is 8.19. The molecule has 0 fully saturated rings. The number of aromatic nitrogens is 1. The summed E-state index contributed by atoms with van der Waals surface area (Å²) >= 11 is 5.57. The van der Waals surface area contributed by atoms with Crippen LogP contribution >= 0.6 is 11.6 Å². The van der Waals surface area contributed by atoms with E-state index in [1.807, 2.05) is 6.07 Å². The van der Waals surface area contributed by atoms with Crippen molar-refractivity contribution in [3.8, 4) is 17.7 Å². The van der Waals surface area contributed by atoms with Crippen molar-refractivity contribution >= 4 is 11.6 Å². The van der Waals surface area contributed by atoms with Crippen LogP contribution in [0, 0.1) is 17.1 Å². The normalized spacial score (nSPS) is 9.71. The van der Waals surface area contributed by atoms with E-state index in [1.165, 1.54) is 6.20 Å². The predicted molar refractivity (Wildman–Crippen MR) is 60.4 cm³/mol. The summed E-state index contributed by atoms with van der Waals surface area (Å²) in [7, 11) is 0. The molecule has 1 heterocycles. The number of nitriles is 1. The van der Waals surface area contributed by atoms with Crippen LogP contribution < -0.4 is 4.74 Å². The van der Waals surface area contributed by atoms with Gasteiger partial charge >= 0.3 is 0 Å². The number of nitrogens with zero attached hydrogens (tertiary/aromatic N) is 2. The van der Waals surface area contributed by atoms with E-state index in [4.69, 9.17) is 21.6 Å². The fourth-order valence-electron chi connectivity index (χ4n) is 1.19. The fourth-order valence-corrected chi connectivity index (χ4v) is 1.33. The van der Waals surface area contributed by atoms with Gasteiger partial charge < -0.3 is 4.74 Å². The second-order valence-corrected chi connectivity index (χ2v) is 3.62. The minimum atomic E-state index is -0.637. The third kappa shape index (κ3) is 2.71. The predicted octanol–water partition coefficient (Wildman–Crippen LogP) is 3.54. The zero-order valence-electron chi connectivity index (χ0n) is 8.52. The monoisotopic (exact) mass is 248 g/mol. The molecule has 17 heavy (non-hydrogen) atoms. The van der Waals surface area contributed by atoms with Crippen molar-refractivity contribution in [2.45, 2.75) is 0 Å². The van der Waals surface area contributed by atoms with Gasteiger partial charge in [0.15, 0.2) is 5.82 Å². The molecule has 2 rings (SSSR count). The van der Waals surface area contributed by atoms with Gasteiger partial charge in [0.25, 0.3) is 5.88 Å². The molecule has 0 aliphatic carbocycles. The Morgan fingerprint density at radius 2 is 2.00 bits per heavy atom. The maximum Gasteiger partial charge on any atom is 0.255 e. The van der Waals surface area contributed by atoms with Gasteiger partial charge in [-0.25, -0.2) is 9.37 Å². The van der Waals surface area contributed by atoms with Gasteiger partial charge in [-0.2, -0.15) is 5.26 Å². The zero-order chi connectivity index (χ0) is 12.3. The first kappa shape index (κ1) is 11.4. The van der Waals surface area contributed by atoms with Gasteiger partial charge in [0.1, 0.15) is 5.75 Å². The Labute approximate surface area is 102 Å². The van der Waals surface area contributed by atoms with E-state index < -0.39 is 5.82 Å². The van der Waals surface area contributed by atoms with E-state index in [0.29, 0.717) is 11.3 Å². The van der Waals surface area contributed by atoms with Gasteiger partial charge in [-0.05, 0) is 30.3 Å². The summed E-state index contributed by atoms with van der Waals surface area (Å²) in [6.07, 6.45) is 1.30. The third-order valence-electron chi connectivity index (χ3n) is 1.97. The van der Waals surface area contributed by atoms with E-state index in [0.717, 1.165) is 6.07 Å². The summed E-state index contributed by atoms with van der Waals surface area (Å²) in [6, 6.07) is 9.37. The van der Waals surface area contributed by atoms with Gasteiger partial charge in [0, 0.05) is 6.20 Å². The summed E-state index contributed by atoms with van der Waals surface area (Å²) < 4.78 is 18.6. The Morgan fingerprint density at radius 1 is 1.29 bits per heavy atom. The molecule has 0 radical (unpaired) electrons. The molecule has 0 unspecified atom stereocenters. The van der Waals surface area contributed by atoms with Crippen LogP contribution in [0.2, 0.25) is 5.02 Å². The zero-order valence-corrected chi connectivity index (χ0v) is 9.28. The van der Waals surface area contributed by atoms with Crippen molar-refractivity contribution in [3.63, 3.8) is 0 Å². The van der Waals surface area contributed by atoms with E-state index >= 15 is 0 Å². The molecule has 0 amide bonds. The molecule has 2 aromatic rings. The Morgan fingerprint density at radius 3 is 2.59 bits per heavy atom. The molecule has 84 valence electrons. The summed E-state index contributed by atoms with van der Waals surface area (Å²) in [5.41, 5.74) is 0.502. The van der Waals surface area contributed by atoms with Crippen LogP contribution in [0.4, 0.5) is 4.39 Å². The largest absolute Gasteiger partial charge is 0.436 e. The second kappa shape index (κ2) is 4.81. The average Bonchev–Trinajstić information content (AvgIpc) is 2.34. The molecule has 0 saturated carbocycles. The Bertz CT molecular complexity index is 578. The van der Waals surface area contributed by atoms with E-state index in [-0.39, 0.29) is 10.9 Å². The van der Waals surface area contributed by atoms with Crippen molar-refractivity contribution in [1.29, 1.82) is 5.26 Å². The minimum absolute atomic E-state index is 0.154.